The van der Waals surface area contributed by atoms with E-state index in [4.69, 9.17) is 9.90 Å². The summed E-state index contributed by atoms with van der Waals surface area (Å²) in [7, 11) is 1.68. The molecule has 1 aromatic heterocycles. The summed E-state index contributed by atoms with van der Waals surface area (Å²) >= 11 is 0. The Hall–Kier alpha value is -2.69. The Morgan fingerprint density at radius 2 is 1.81 bits per heavy atom. The van der Waals surface area contributed by atoms with Crippen LogP contribution in [-0.2, 0) is 9.59 Å². The van der Waals surface area contributed by atoms with Crippen molar-refractivity contribution in [3.63, 3.8) is 0 Å². The van der Waals surface area contributed by atoms with E-state index in [-0.39, 0.29) is 17.2 Å². The first kappa shape index (κ1) is 24.6. The average molecular weight is 444 g/mol. The lowest BCUT2D eigenvalue weighted by Crippen LogP contribution is -2.52. The number of pyridine rings is 1. The van der Waals surface area contributed by atoms with Gasteiger partial charge in [0, 0.05) is 26.3 Å². The largest absolute Gasteiger partial charge is 0.490 e. The van der Waals surface area contributed by atoms with Gasteiger partial charge in [-0.1, -0.05) is 6.07 Å². The molecule has 0 bridgehead atoms. The molecule has 172 valence electrons. The Labute approximate surface area is 178 Å². The fourth-order valence-electron chi connectivity index (χ4n) is 3.91. The van der Waals surface area contributed by atoms with Gasteiger partial charge in [0.25, 0.3) is 5.91 Å². The number of hydrogen-bond acceptors (Lipinski definition) is 5. The van der Waals surface area contributed by atoms with E-state index >= 15 is 0 Å². The minimum absolute atomic E-state index is 0.0439. The summed E-state index contributed by atoms with van der Waals surface area (Å²) < 4.78 is 31.7. The number of carboxylic acids is 1. The molecule has 2 N–H and O–H groups in total. The molecule has 2 saturated heterocycles. The van der Waals surface area contributed by atoms with Crippen LogP contribution in [0.4, 0.5) is 13.2 Å². The Balaban J connectivity index is 0.000000423. The van der Waals surface area contributed by atoms with E-state index in [9.17, 15) is 22.8 Å². The van der Waals surface area contributed by atoms with Crippen LogP contribution in [0.1, 0.15) is 36.2 Å². The third kappa shape index (κ3) is 7.20. The summed E-state index contributed by atoms with van der Waals surface area (Å²) in [6.07, 6.45) is 0.914. The first-order chi connectivity index (χ1) is 14.6. The minimum atomic E-state index is -5.08. The molecule has 0 saturated carbocycles. The van der Waals surface area contributed by atoms with Crippen molar-refractivity contribution in [2.45, 2.75) is 31.9 Å². The van der Waals surface area contributed by atoms with Crippen LogP contribution in [0.15, 0.2) is 24.4 Å². The lowest BCUT2D eigenvalue weighted by Gasteiger charge is -2.47. The summed E-state index contributed by atoms with van der Waals surface area (Å²) in [6.45, 7) is 3.97. The Kier molecular flexibility index (Phi) is 8.37. The summed E-state index contributed by atoms with van der Waals surface area (Å²) in [5.74, 6) is -2.64. The molecule has 1 aromatic rings. The summed E-state index contributed by atoms with van der Waals surface area (Å²) in [4.78, 5) is 41.5. The standard InChI is InChI=1S/C18H26N4O2.C2HF3O2/c1-19-16(23)13-21-11-7-18(8-12-21)6-4-10-22(14-18)17(24)15-5-2-3-9-20-15;3-2(4,5)1(6)7/h2-3,5,9H,4,6-8,10-14H2,1H3,(H,19,23);(H,6,7). The number of likely N-dealkylation sites (N-methyl/N-ethyl adjacent to an activating group) is 1. The van der Waals surface area contributed by atoms with Crippen molar-refractivity contribution < 1.29 is 32.7 Å². The van der Waals surface area contributed by atoms with Gasteiger partial charge in [0.05, 0.1) is 6.54 Å². The SMILES string of the molecule is CNC(=O)CN1CCC2(CCCN(C(=O)c3ccccn3)C2)CC1.O=C(O)C(F)(F)F. The predicted octanol–water partition coefficient (Wildman–Crippen LogP) is 1.78. The van der Waals surface area contributed by atoms with Crippen LogP contribution in [0.25, 0.3) is 0 Å². The number of rotatable bonds is 3. The van der Waals surface area contributed by atoms with Gasteiger partial charge in [-0.3, -0.25) is 19.5 Å². The number of aliphatic carboxylic acids is 1. The molecule has 8 nitrogen and oxygen atoms in total. The van der Waals surface area contributed by atoms with Gasteiger partial charge in [-0.25, -0.2) is 4.79 Å². The molecule has 0 aliphatic carbocycles. The smallest absolute Gasteiger partial charge is 0.475 e. The van der Waals surface area contributed by atoms with Gasteiger partial charge >= 0.3 is 12.1 Å². The number of halogens is 3. The van der Waals surface area contributed by atoms with Gasteiger partial charge in [-0.05, 0) is 56.3 Å². The molecular formula is C20H27F3N4O4. The third-order valence-electron chi connectivity index (χ3n) is 5.64. The molecule has 2 aliphatic heterocycles. The molecule has 3 rings (SSSR count). The van der Waals surface area contributed by atoms with Crippen LogP contribution < -0.4 is 5.32 Å². The van der Waals surface area contributed by atoms with Gasteiger partial charge in [-0.15, -0.1) is 0 Å². The molecular weight excluding hydrogens is 417 g/mol. The Morgan fingerprint density at radius 1 is 1.16 bits per heavy atom. The van der Waals surface area contributed by atoms with E-state index in [1.54, 1.807) is 19.3 Å². The van der Waals surface area contributed by atoms with Gasteiger partial charge in [-0.2, -0.15) is 13.2 Å². The first-order valence-corrected chi connectivity index (χ1v) is 10.00. The lowest BCUT2D eigenvalue weighted by molar-refractivity contribution is -0.192. The van der Waals surface area contributed by atoms with Crippen LogP contribution in [0, 0.1) is 5.41 Å². The molecule has 31 heavy (non-hydrogen) atoms. The second kappa shape index (κ2) is 10.6. The van der Waals surface area contributed by atoms with E-state index in [1.807, 2.05) is 17.0 Å². The zero-order valence-corrected chi connectivity index (χ0v) is 17.3. The number of carbonyl (C=O) groups excluding carboxylic acids is 2. The monoisotopic (exact) mass is 444 g/mol. The number of nitrogens with one attached hydrogen (secondary N) is 1. The van der Waals surface area contributed by atoms with Crippen molar-refractivity contribution in [1.29, 1.82) is 0 Å². The summed E-state index contributed by atoms with van der Waals surface area (Å²) in [5.41, 5.74) is 0.744. The molecule has 3 heterocycles. The van der Waals surface area contributed by atoms with Crippen LogP contribution in [0.3, 0.4) is 0 Å². The van der Waals surface area contributed by atoms with Crippen LogP contribution >= 0.6 is 0 Å². The van der Waals surface area contributed by atoms with Gasteiger partial charge in [0.1, 0.15) is 5.69 Å². The third-order valence-corrected chi connectivity index (χ3v) is 5.64. The Bertz CT molecular complexity index is 765. The number of hydrogen-bond donors (Lipinski definition) is 2. The van der Waals surface area contributed by atoms with E-state index in [2.05, 4.69) is 15.2 Å². The topological polar surface area (TPSA) is 103 Å². The van der Waals surface area contributed by atoms with Crippen molar-refractivity contribution in [2.24, 2.45) is 5.41 Å². The van der Waals surface area contributed by atoms with Crippen LogP contribution in [0.2, 0.25) is 0 Å². The second-order valence-corrected chi connectivity index (χ2v) is 7.80. The van der Waals surface area contributed by atoms with E-state index in [1.165, 1.54) is 6.42 Å². The number of carboxylic acid groups (broad SMARTS) is 1. The summed E-state index contributed by atoms with van der Waals surface area (Å²) in [5, 5.41) is 9.81. The second-order valence-electron chi connectivity index (χ2n) is 7.80. The number of nitrogens with zero attached hydrogens (tertiary/aromatic N) is 3. The highest BCUT2D eigenvalue weighted by Crippen LogP contribution is 2.40. The van der Waals surface area contributed by atoms with Crippen LogP contribution in [-0.4, -0.2) is 83.6 Å². The molecule has 0 radical (unpaired) electrons. The van der Waals surface area contributed by atoms with Crippen molar-refractivity contribution in [1.82, 2.24) is 20.1 Å². The zero-order chi connectivity index (χ0) is 23.1. The molecule has 0 atom stereocenters. The average Bonchev–Trinajstić information content (AvgIpc) is 2.75. The van der Waals surface area contributed by atoms with E-state index in [0.29, 0.717) is 12.2 Å². The molecule has 0 unspecified atom stereocenters. The molecule has 11 heteroatoms. The van der Waals surface area contributed by atoms with Crippen molar-refractivity contribution in [3.05, 3.63) is 30.1 Å². The number of aromatic nitrogens is 1. The van der Waals surface area contributed by atoms with Crippen molar-refractivity contribution in [3.8, 4) is 0 Å². The fraction of sp³-hybridized carbons (Fsp3) is 0.600. The van der Waals surface area contributed by atoms with Crippen LogP contribution in [0.5, 0.6) is 0 Å². The maximum absolute atomic E-state index is 12.7. The number of amides is 2. The Morgan fingerprint density at radius 3 is 2.32 bits per heavy atom. The minimum Gasteiger partial charge on any atom is -0.475 e. The van der Waals surface area contributed by atoms with Gasteiger partial charge < -0.3 is 15.3 Å². The van der Waals surface area contributed by atoms with E-state index < -0.39 is 12.1 Å². The maximum Gasteiger partial charge on any atom is 0.490 e. The molecule has 2 fully saturated rings. The number of carbonyl (C=O) groups is 3. The normalized spacial score (nSPS) is 18.6. The maximum atomic E-state index is 12.7. The van der Waals surface area contributed by atoms with Gasteiger partial charge in [0.2, 0.25) is 5.91 Å². The van der Waals surface area contributed by atoms with Gasteiger partial charge in [0.15, 0.2) is 0 Å². The highest BCUT2D eigenvalue weighted by atomic mass is 19.4. The predicted molar refractivity (Wildman–Crippen MR) is 105 cm³/mol. The lowest BCUT2D eigenvalue weighted by atomic mass is 9.72. The number of piperidine rings is 2. The first-order valence-electron chi connectivity index (χ1n) is 10.00. The molecule has 1 spiro atoms. The molecule has 2 amide bonds. The quantitative estimate of drug-likeness (QED) is 0.737. The van der Waals surface area contributed by atoms with E-state index in [0.717, 1.165) is 45.4 Å². The zero-order valence-electron chi connectivity index (χ0n) is 17.3. The highest BCUT2D eigenvalue weighted by molar-refractivity contribution is 5.92. The molecule has 2 aliphatic rings. The number of likely N-dealkylation sites (tertiary alicyclic amines) is 2. The summed E-state index contributed by atoms with van der Waals surface area (Å²) in [6, 6.07) is 5.48. The fourth-order valence-corrected chi connectivity index (χ4v) is 3.91. The number of alkyl halides is 3. The highest BCUT2D eigenvalue weighted by Gasteiger charge is 2.40. The molecule has 0 aromatic carbocycles. The van der Waals surface area contributed by atoms with Crippen molar-refractivity contribution >= 4 is 17.8 Å². The van der Waals surface area contributed by atoms with Crippen molar-refractivity contribution in [2.75, 3.05) is 39.8 Å².